The van der Waals surface area contributed by atoms with Gasteiger partial charge in [0.15, 0.2) is 0 Å². The zero-order valence-corrected chi connectivity index (χ0v) is 14.3. The molecule has 0 saturated carbocycles. The number of carbonyl (C=O) groups excluding carboxylic acids is 1. The lowest BCUT2D eigenvalue weighted by Crippen LogP contribution is -2.42. The summed E-state index contributed by atoms with van der Waals surface area (Å²) < 4.78 is 0. The number of rotatable bonds is 1. The molecule has 118 valence electrons. The van der Waals surface area contributed by atoms with Gasteiger partial charge in [-0.25, -0.2) is 9.97 Å². The first-order valence-corrected chi connectivity index (χ1v) is 7.53. The van der Waals surface area contributed by atoms with Crippen LogP contribution in [0, 0.1) is 11.8 Å². The topological polar surface area (TPSA) is 46.1 Å². The highest BCUT2D eigenvalue weighted by Gasteiger charge is 2.23. The van der Waals surface area contributed by atoms with Crippen molar-refractivity contribution < 1.29 is 4.79 Å². The monoisotopic (exact) mass is 327 g/mol. The van der Waals surface area contributed by atoms with E-state index in [4.69, 9.17) is 11.6 Å². The van der Waals surface area contributed by atoms with Crippen LogP contribution in [0.5, 0.6) is 0 Å². The molecule has 23 heavy (non-hydrogen) atoms. The van der Waals surface area contributed by atoms with Gasteiger partial charge < -0.3 is 4.90 Å². The fourth-order valence-electron chi connectivity index (χ4n) is 1.70. The molecule has 2 aromatic rings. The lowest BCUT2D eigenvalue weighted by atomic mass is 10.1. The highest BCUT2D eigenvalue weighted by Crippen LogP contribution is 2.14. The molecule has 0 saturated heterocycles. The molecule has 0 spiro atoms. The summed E-state index contributed by atoms with van der Waals surface area (Å²) in [5.74, 6) is 5.86. The molecule has 0 aliphatic heterocycles. The molecule has 0 unspecified atom stereocenters. The second kappa shape index (κ2) is 6.80. The molecule has 0 fully saturated rings. The molecule has 0 radical (unpaired) electrons. The van der Waals surface area contributed by atoms with Crippen molar-refractivity contribution in [2.75, 3.05) is 7.05 Å². The molecule has 2 aromatic heterocycles. The van der Waals surface area contributed by atoms with Crippen LogP contribution < -0.4 is 0 Å². The Hall–Kier alpha value is -2.38. The Morgan fingerprint density at radius 2 is 1.83 bits per heavy atom. The van der Waals surface area contributed by atoms with Crippen molar-refractivity contribution in [1.82, 2.24) is 14.9 Å². The normalized spacial score (nSPS) is 10.7. The van der Waals surface area contributed by atoms with E-state index in [1.54, 1.807) is 48.6 Å². The number of amides is 1. The molecule has 0 aliphatic carbocycles. The first-order chi connectivity index (χ1) is 10.8. The largest absolute Gasteiger partial charge is 0.336 e. The molecular formula is C18H18ClN3O. The molecule has 2 rings (SSSR count). The van der Waals surface area contributed by atoms with Crippen molar-refractivity contribution >= 4 is 17.5 Å². The maximum atomic E-state index is 12.3. The summed E-state index contributed by atoms with van der Waals surface area (Å²) in [7, 11) is 1.77. The zero-order valence-electron chi connectivity index (χ0n) is 13.6. The van der Waals surface area contributed by atoms with E-state index in [0.29, 0.717) is 10.8 Å². The Labute approximate surface area is 141 Å². The number of carbonyl (C=O) groups is 1. The minimum absolute atomic E-state index is 0.113. The van der Waals surface area contributed by atoms with Crippen molar-refractivity contribution in [2.45, 2.75) is 26.3 Å². The predicted molar refractivity (Wildman–Crippen MR) is 91.3 cm³/mol. The Bertz CT molecular complexity index is 767. The van der Waals surface area contributed by atoms with Crippen LogP contribution in [0.25, 0.3) is 0 Å². The van der Waals surface area contributed by atoms with E-state index in [-0.39, 0.29) is 11.4 Å². The van der Waals surface area contributed by atoms with E-state index in [9.17, 15) is 4.79 Å². The molecule has 4 nitrogen and oxygen atoms in total. The summed E-state index contributed by atoms with van der Waals surface area (Å²) in [6.45, 7) is 5.93. The standard InChI is InChI=1S/C18H18ClN3O/c1-18(2,3)22(4)17(23)15-8-7-14(12-21-15)6-5-13-9-10-20-16(19)11-13/h7-12H,1-4H3. The van der Waals surface area contributed by atoms with Crippen molar-refractivity contribution in [2.24, 2.45) is 0 Å². The number of pyridine rings is 2. The van der Waals surface area contributed by atoms with Gasteiger partial charge in [0.05, 0.1) is 0 Å². The Morgan fingerprint density at radius 3 is 2.39 bits per heavy atom. The van der Waals surface area contributed by atoms with E-state index in [1.807, 2.05) is 20.8 Å². The number of aromatic nitrogens is 2. The Morgan fingerprint density at radius 1 is 1.13 bits per heavy atom. The van der Waals surface area contributed by atoms with Crippen LogP contribution in [-0.4, -0.2) is 33.4 Å². The lowest BCUT2D eigenvalue weighted by molar-refractivity contribution is 0.0649. The summed E-state index contributed by atoms with van der Waals surface area (Å²) in [5, 5.41) is 0.404. The summed E-state index contributed by atoms with van der Waals surface area (Å²) in [5.41, 5.74) is 1.66. The second-order valence-corrected chi connectivity index (χ2v) is 6.47. The number of nitrogens with zero attached hydrogens (tertiary/aromatic N) is 3. The van der Waals surface area contributed by atoms with E-state index in [1.165, 1.54) is 0 Å². The maximum Gasteiger partial charge on any atom is 0.272 e. The van der Waals surface area contributed by atoms with Crippen LogP contribution in [0.3, 0.4) is 0 Å². The highest BCUT2D eigenvalue weighted by atomic mass is 35.5. The molecule has 1 amide bonds. The van der Waals surface area contributed by atoms with Gasteiger partial charge in [0.2, 0.25) is 0 Å². The molecule has 0 bridgehead atoms. The number of halogens is 1. The molecule has 0 N–H and O–H groups in total. The van der Waals surface area contributed by atoms with Crippen LogP contribution >= 0.6 is 11.6 Å². The summed E-state index contributed by atoms with van der Waals surface area (Å²) >= 11 is 5.82. The fraction of sp³-hybridized carbons (Fsp3) is 0.278. The number of hydrogen-bond acceptors (Lipinski definition) is 3. The van der Waals surface area contributed by atoms with Crippen LogP contribution in [-0.2, 0) is 0 Å². The first-order valence-electron chi connectivity index (χ1n) is 7.15. The minimum Gasteiger partial charge on any atom is -0.336 e. The SMILES string of the molecule is CN(C(=O)c1ccc(C#Cc2ccnc(Cl)c2)cn1)C(C)(C)C. The quantitative estimate of drug-likeness (QED) is 0.595. The first kappa shape index (κ1) is 17.0. The zero-order chi connectivity index (χ0) is 17.0. The third kappa shape index (κ3) is 4.54. The third-order valence-corrected chi connectivity index (χ3v) is 3.58. The van der Waals surface area contributed by atoms with Gasteiger partial charge in [0.25, 0.3) is 5.91 Å². The average molecular weight is 328 g/mol. The lowest BCUT2D eigenvalue weighted by Gasteiger charge is -2.31. The van der Waals surface area contributed by atoms with Gasteiger partial charge in [-0.2, -0.15) is 0 Å². The van der Waals surface area contributed by atoms with E-state index >= 15 is 0 Å². The van der Waals surface area contributed by atoms with Gasteiger partial charge >= 0.3 is 0 Å². The van der Waals surface area contributed by atoms with Crippen LogP contribution in [0.1, 0.15) is 42.4 Å². The van der Waals surface area contributed by atoms with Crippen molar-refractivity contribution in [3.8, 4) is 11.8 Å². The fourth-order valence-corrected chi connectivity index (χ4v) is 1.87. The predicted octanol–water partition coefficient (Wildman–Crippen LogP) is 3.40. The van der Waals surface area contributed by atoms with Gasteiger partial charge in [0.1, 0.15) is 10.8 Å². The van der Waals surface area contributed by atoms with Crippen molar-refractivity contribution in [1.29, 1.82) is 0 Å². The summed E-state index contributed by atoms with van der Waals surface area (Å²) in [4.78, 5) is 22.1. The van der Waals surface area contributed by atoms with Gasteiger partial charge in [0, 0.05) is 36.1 Å². The van der Waals surface area contributed by atoms with Gasteiger partial charge in [-0.15, -0.1) is 0 Å². The van der Waals surface area contributed by atoms with Gasteiger partial charge in [-0.3, -0.25) is 4.79 Å². The molecule has 0 aliphatic rings. The van der Waals surface area contributed by atoms with Crippen molar-refractivity contribution in [3.63, 3.8) is 0 Å². The summed E-state index contributed by atoms with van der Waals surface area (Å²) in [6, 6.07) is 6.95. The van der Waals surface area contributed by atoms with E-state index in [2.05, 4.69) is 21.8 Å². The van der Waals surface area contributed by atoms with Crippen LogP contribution in [0.2, 0.25) is 5.15 Å². The van der Waals surface area contributed by atoms with Crippen molar-refractivity contribution in [3.05, 3.63) is 58.6 Å². The summed E-state index contributed by atoms with van der Waals surface area (Å²) in [6.07, 6.45) is 3.20. The maximum absolute atomic E-state index is 12.3. The molecule has 0 aromatic carbocycles. The van der Waals surface area contributed by atoms with Gasteiger partial charge in [-0.1, -0.05) is 23.4 Å². The smallest absolute Gasteiger partial charge is 0.272 e. The average Bonchev–Trinajstić information content (AvgIpc) is 2.51. The molecule has 2 heterocycles. The van der Waals surface area contributed by atoms with Crippen LogP contribution in [0.15, 0.2) is 36.7 Å². The molecular weight excluding hydrogens is 310 g/mol. The van der Waals surface area contributed by atoms with E-state index in [0.717, 1.165) is 11.1 Å². The minimum atomic E-state index is -0.252. The molecule has 5 heteroatoms. The highest BCUT2D eigenvalue weighted by molar-refractivity contribution is 6.29. The molecule has 0 atom stereocenters. The Balaban J connectivity index is 2.16. The van der Waals surface area contributed by atoms with E-state index < -0.39 is 0 Å². The Kier molecular flexibility index (Phi) is 5.02. The third-order valence-electron chi connectivity index (χ3n) is 3.37. The second-order valence-electron chi connectivity index (χ2n) is 6.08. The van der Waals surface area contributed by atoms with Gasteiger partial charge in [-0.05, 0) is 45.0 Å². The number of hydrogen-bond donors (Lipinski definition) is 0. The van der Waals surface area contributed by atoms with Crippen LogP contribution in [0.4, 0.5) is 0 Å².